The molecule has 2 aliphatic carbocycles. The average molecular weight is 440 g/mol. The molecule has 0 aliphatic heterocycles. The molecule has 0 bridgehead atoms. The summed E-state index contributed by atoms with van der Waals surface area (Å²) in [4.78, 5) is 24.7. The topological polar surface area (TPSA) is 73.9 Å². The number of hydrogen-bond donors (Lipinski definition) is 1. The molecule has 0 aromatic carbocycles. The van der Waals surface area contributed by atoms with Crippen molar-refractivity contribution in [2.24, 2.45) is 11.8 Å². The molecule has 1 saturated carbocycles. The maximum absolute atomic E-state index is 13.9. The average Bonchev–Trinajstić information content (AvgIpc) is 2.68. The monoisotopic (exact) mass is 439 g/mol. The summed E-state index contributed by atoms with van der Waals surface area (Å²) in [5.41, 5.74) is 0.365. The third-order valence-corrected chi connectivity index (χ3v) is 5.91. The van der Waals surface area contributed by atoms with Crippen LogP contribution >= 0.6 is 0 Å². The zero-order valence-electron chi connectivity index (χ0n) is 19.8. The van der Waals surface area contributed by atoms with Crippen LogP contribution in [-0.2, 0) is 19.0 Å². The van der Waals surface area contributed by atoms with Crippen LogP contribution in [0.25, 0.3) is 0 Å². The molecule has 0 spiro atoms. The van der Waals surface area contributed by atoms with Gasteiger partial charge in [0.05, 0.1) is 7.11 Å². The Hall–Kier alpha value is -2.05. The molecule has 0 unspecified atom stereocenters. The van der Waals surface area contributed by atoms with Gasteiger partial charge in [0, 0.05) is 18.4 Å². The van der Waals surface area contributed by atoms with Crippen molar-refractivity contribution >= 4 is 12.1 Å². The number of hydrogen-bond acceptors (Lipinski definition) is 5. The zero-order valence-corrected chi connectivity index (χ0v) is 19.8. The number of methoxy groups -OCH3 is 1. The predicted molar refractivity (Wildman–Crippen MR) is 117 cm³/mol. The fourth-order valence-electron chi connectivity index (χ4n) is 4.55. The lowest BCUT2D eigenvalue weighted by molar-refractivity contribution is -0.153. The Kier molecular flexibility index (Phi) is 8.95. The van der Waals surface area contributed by atoms with E-state index in [4.69, 9.17) is 14.2 Å². The van der Waals surface area contributed by atoms with Gasteiger partial charge in [0.2, 0.25) is 0 Å². The molecule has 1 fully saturated rings. The third kappa shape index (κ3) is 7.54. The van der Waals surface area contributed by atoms with Gasteiger partial charge in [-0.05, 0) is 65.4 Å². The van der Waals surface area contributed by atoms with Crippen LogP contribution in [0, 0.1) is 11.8 Å². The molecule has 1 N–H and O–H groups in total. The Morgan fingerprint density at radius 3 is 2.35 bits per heavy atom. The van der Waals surface area contributed by atoms with Crippen molar-refractivity contribution in [3.8, 4) is 0 Å². The largest absolute Gasteiger partial charge is 0.497 e. The SMILES string of the molecule is COC1=C([C@@H](C2CCCCC2)[C@H](C)OC(=O)[C@H](C)NC(=O)OC(C)(C)C)CCC(F)=C1. The minimum Gasteiger partial charge on any atom is -0.497 e. The second kappa shape index (κ2) is 11.0. The Balaban J connectivity index is 2.15. The zero-order chi connectivity index (χ0) is 23.2. The smallest absolute Gasteiger partial charge is 0.408 e. The molecule has 0 saturated heterocycles. The summed E-state index contributed by atoms with van der Waals surface area (Å²) >= 11 is 0. The lowest BCUT2D eigenvalue weighted by atomic mass is 9.72. The standard InChI is InChI=1S/C24H38FNO5/c1-15(26-23(28)31-24(3,4)5)22(27)30-16(2)21(17-10-8-7-9-11-17)19-13-12-18(25)14-20(19)29-6/h14-17,21H,7-13H2,1-6H3,(H,26,28)/t15-,16-,21+/m0/s1. The summed E-state index contributed by atoms with van der Waals surface area (Å²) in [6, 6.07) is -0.844. The highest BCUT2D eigenvalue weighted by Crippen LogP contribution is 2.42. The van der Waals surface area contributed by atoms with E-state index in [1.54, 1.807) is 34.8 Å². The number of alkyl carbamates (subject to hydrolysis) is 1. The maximum Gasteiger partial charge on any atom is 0.408 e. The van der Waals surface area contributed by atoms with Crippen LogP contribution in [0.3, 0.4) is 0 Å². The number of halogens is 1. The summed E-state index contributed by atoms with van der Waals surface area (Å²) in [5, 5.41) is 2.53. The first kappa shape index (κ1) is 25.2. The van der Waals surface area contributed by atoms with Crippen LogP contribution in [0.15, 0.2) is 23.2 Å². The van der Waals surface area contributed by atoms with Crippen molar-refractivity contribution in [2.75, 3.05) is 7.11 Å². The highest BCUT2D eigenvalue weighted by Gasteiger charge is 2.36. The van der Waals surface area contributed by atoms with E-state index in [2.05, 4.69) is 5.32 Å². The molecule has 0 aromatic rings. The van der Waals surface area contributed by atoms with E-state index in [1.165, 1.54) is 12.5 Å². The van der Waals surface area contributed by atoms with Gasteiger partial charge in [0.1, 0.15) is 29.3 Å². The van der Waals surface area contributed by atoms with Gasteiger partial charge in [-0.1, -0.05) is 19.3 Å². The minimum absolute atomic E-state index is 0.0442. The quantitative estimate of drug-likeness (QED) is 0.525. The van der Waals surface area contributed by atoms with Crippen LogP contribution in [-0.4, -0.2) is 36.9 Å². The first-order valence-corrected chi connectivity index (χ1v) is 11.3. The lowest BCUT2D eigenvalue weighted by Gasteiger charge is -2.37. The van der Waals surface area contributed by atoms with Gasteiger partial charge in [0.25, 0.3) is 0 Å². The van der Waals surface area contributed by atoms with E-state index in [9.17, 15) is 14.0 Å². The van der Waals surface area contributed by atoms with Gasteiger partial charge in [-0.15, -0.1) is 0 Å². The second-order valence-electron chi connectivity index (χ2n) is 9.62. The van der Waals surface area contributed by atoms with E-state index >= 15 is 0 Å². The summed E-state index contributed by atoms with van der Waals surface area (Å²) in [7, 11) is 1.55. The molecule has 7 heteroatoms. The van der Waals surface area contributed by atoms with Gasteiger partial charge in [-0.3, -0.25) is 0 Å². The Morgan fingerprint density at radius 2 is 1.77 bits per heavy atom. The summed E-state index contributed by atoms with van der Waals surface area (Å²) in [5.74, 6) is 0.138. The van der Waals surface area contributed by atoms with E-state index in [-0.39, 0.29) is 11.7 Å². The highest BCUT2D eigenvalue weighted by atomic mass is 19.1. The highest BCUT2D eigenvalue weighted by molar-refractivity contribution is 5.81. The van der Waals surface area contributed by atoms with E-state index < -0.39 is 29.8 Å². The summed E-state index contributed by atoms with van der Waals surface area (Å²) in [6.45, 7) is 8.73. The third-order valence-electron chi connectivity index (χ3n) is 5.91. The predicted octanol–water partition coefficient (Wildman–Crippen LogP) is 5.58. The van der Waals surface area contributed by atoms with Gasteiger partial charge >= 0.3 is 12.1 Å². The molecule has 0 aromatic heterocycles. The Morgan fingerprint density at radius 1 is 1.13 bits per heavy atom. The molecular formula is C24H38FNO5. The van der Waals surface area contributed by atoms with Crippen LogP contribution in [0.1, 0.15) is 79.6 Å². The number of allylic oxidation sites excluding steroid dienone is 2. The fourth-order valence-corrected chi connectivity index (χ4v) is 4.55. The van der Waals surface area contributed by atoms with Gasteiger partial charge in [-0.25, -0.2) is 14.0 Å². The number of esters is 1. The molecule has 1 amide bonds. The fraction of sp³-hybridized carbons (Fsp3) is 0.750. The van der Waals surface area contributed by atoms with Crippen LogP contribution in [0.4, 0.5) is 9.18 Å². The van der Waals surface area contributed by atoms with Gasteiger partial charge < -0.3 is 19.5 Å². The van der Waals surface area contributed by atoms with E-state index in [0.29, 0.717) is 24.5 Å². The Bertz CT molecular complexity index is 703. The lowest BCUT2D eigenvalue weighted by Crippen LogP contribution is -2.44. The number of rotatable bonds is 7. The number of nitrogens with one attached hydrogen (secondary N) is 1. The number of amides is 1. The molecule has 2 rings (SSSR count). The number of carbonyl (C=O) groups is 2. The molecule has 0 radical (unpaired) electrons. The minimum atomic E-state index is -0.844. The van der Waals surface area contributed by atoms with Crippen LogP contribution in [0.2, 0.25) is 0 Å². The summed E-state index contributed by atoms with van der Waals surface area (Å²) < 4.78 is 30.4. The van der Waals surface area contributed by atoms with Crippen molar-refractivity contribution in [3.63, 3.8) is 0 Å². The first-order chi connectivity index (χ1) is 14.5. The Labute approximate surface area is 185 Å². The molecule has 0 heterocycles. The first-order valence-electron chi connectivity index (χ1n) is 11.3. The van der Waals surface area contributed by atoms with Crippen molar-refractivity contribution in [2.45, 2.75) is 97.3 Å². The van der Waals surface area contributed by atoms with Gasteiger partial charge in [-0.2, -0.15) is 0 Å². The van der Waals surface area contributed by atoms with Crippen molar-refractivity contribution in [1.82, 2.24) is 5.32 Å². The van der Waals surface area contributed by atoms with Crippen molar-refractivity contribution in [3.05, 3.63) is 23.2 Å². The van der Waals surface area contributed by atoms with Crippen molar-refractivity contribution < 1.29 is 28.2 Å². The van der Waals surface area contributed by atoms with E-state index in [0.717, 1.165) is 31.3 Å². The second-order valence-corrected chi connectivity index (χ2v) is 9.62. The van der Waals surface area contributed by atoms with Crippen LogP contribution in [0.5, 0.6) is 0 Å². The molecule has 2 aliphatic rings. The summed E-state index contributed by atoms with van der Waals surface area (Å²) in [6.07, 6.45) is 6.84. The number of ether oxygens (including phenoxy) is 3. The maximum atomic E-state index is 13.9. The molecular weight excluding hydrogens is 401 g/mol. The normalized spacial score (nSPS) is 20.9. The van der Waals surface area contributed by atoms with Crippen molar-refractivity contribution in [1.29, 1.82) is 0 Å². The van der Waals surface area contributed by atoms with E-state index in [1.807, 2.05) is 6.92 Å². The molecule has 6 nitrogen and oxygen atoms in total. The molecule has 31 heavy (non-hydrogen) atoms. The molecule has 3 atom stereocenters. The molecule has 176 valence electrons. The van der Waals surface area contributed by atoms with Crippen LogP contribution < -0.4 is 5.32 Å². The number of carbonyl (C=O) groups excluding carboxylic acids is 2. The van der Waals surface area contributed by atoms with Gasteiger partial charge in [0.15, 0.2) is 0 Å².